The molecule has 190 valence electrons. The molecule has 1 unspecified atom stereocenters. The van der Waals surface area contributed by atoms with Crippen LogP contribution >= 0.6 is 0 Å². The van der Waals surface area contributed by atoms with Crippen LogP contribution in [0.15, 0.2) is 42.5 Å². The Hall–Kier alpha value is -3.76. The monoisotopic (exact) mass is 495 g/mol. The molecule has 0 heterocycles. The van der Waals surface area contributed by atoms with Crippen molar-refractivity contribution in [2.75, 3.05) is 17.7 Å². The summed E-state index contributed by atoms with van der Waals surface area (Å²) < 4.78 is 50.1. The Morgan fingerprint density at radius 3 is 2.09 bits per heavy atom. The summed E-state index contributed by atoms with van der Waals surface area (Å²) in [6, 6.07) is 8.38. The maximum Gasteiger partial charge on any atom is 0.416 e. The van der Waals surface area contributed by atoms with Crippen molar-refractivity contribution in [2.24, 2.45) is 0 Å². The van der Waals surface area contributed by atoms with Crippen molar-refractivity contribution in [1.82, 2.24) is 5.32 Å². The minimum atomic E-state index is -4.67. The molecule has 0 aliphatic carbocycles. The minimum absolute atomic E-state index is 0.0823. The van der Waals surface area contributed by atoms with Gasteiger partial charge in [0.05, 0.1) is 36.5 Å². The molecule has 0 aliphatic heterocycles. The van der Waals surface area contributed by atoms with Gasteiger partial charge in [-0.1, -0.05) is 12.1 Å². The number of hydrogen-bond acceptors (Lipinski definition) is 5. The third kappa shape index (κ3) is 8.84. The number of carbonyl (C=O) groups excluding carboxylic acids is 3. The summed E-state index contributed by atoms with van der Waals surface area (Å²) in [5, 5.41) is 7.40. The highest BCUT2D eigenvalue weighted by atomic mass is 19.4. The second kappa shape index (κ2) is 11.1. The topological polar surface area (TPSA) is 106 Å². The van der Waals surface area contributed by atoms with Gasteiger partial charge in [0.1, 0.15) is 11.4 Å². The SMILES string of the molecule is COc1ccc(C(CC(=O)Nc2cc(C(F)(F)F)ccc2NC(=O)OC(C)(C)C)NC(C)=O)cc1. The number of hydrogen-bond donors (Lipinski definition) is 3. The van der Waals surface area contributed by atoms with Crippen LogP contribution in [0.3, 0.4) is 0 Å². The predicted octanol–water partition coefficient (Wildman–Crippen LogP) is 5.27. The number of carbonyl (C=O) groups is 3. The van der Waals surface area contributed by atoms with E-state index in [9.17, 15) is 27.6 Å². The first-order valence-corrected chi connectivity index (χ1v) is 10.6. The molecule has 0 saturated heterocycles. The number of benzene rings is 2. The van der Waals surface area contributed by atoms with Crippen molar-refractivity contribution in [2.45, 2.75) is 51.9 Å². The predicted molar refractivity (Wildman–Crippen MR) is 124 cm³/mol. The lowest BCUT2D eigenvalue weighted by atomic mass is 10.0. The van der Waals surface area contributed by atoms with Gasteiger partial charge in [-0.05, 0) is 56.7 Å². The molecule has 0 aromatic heterocycles. The van der Waals surface area contributed by atoms with Crippen LogP contribution in [0.4, 0.5) is 29.3 Å². The Morgan fingerprint density at radius 2 is 1.57 bits per heavy atom. The van der Waals surface area contributed by atoms with Gasteiger partial charge in [-0.2, -0.15) is 13.2 Å². The first kappa shape index (κ1) is 27.5. The van der Waals surface area contributed by atoms with E-state index in [2.05, 4.69) is 16.0 Å². The maximum absolute atomic E-state index is 13.3. The van der Waals surface area contributed by atoms with Gasteiger partial charge in [0, 0.05) is 6.92 Å². The zero-order valence-electron chi connectivity index (χ0n) is 20.0. The summed E-state index contributed by atoms with van der Waals surface area (Å²) in [7, 11) is 1.49. The van der Waals surface area contributed by atoms with Crippen molar-refractivity contribution in [1.29, 1.82) is 0 Å². The van der Waals surface area contributed by atoms with Crippen molar-refractivity contribution >= 4 is 29.3 Å². The van der Waals surface area contributed by atoms with E-state index >= 15 is 0 Å². The number of halogens is 3. The van der Waals surface area contributed by atoms with Crippen LogP contribution in [0, 0.1) is 0 Å². The lowest BCUT2D eigenvalue weighted by Crippen LogP contribution is -2.30. The summed E-state index contributed by atoms with van der Waals surface area (Å²) in [5.41, 5.74) is -1.62. The first-order valence-electron chi connectivity index (χ1n) is 10.6. The molecule has 0 radical (unpaired) electrons. The van der Waals surface area contributed by atoms with Gasteiger partial charge >= 0.3 is 12.3 Å². The Labute approximate surface area is 201 Å². The van der Waals surface area contributed by atoms with Crippen LogP contribution in [0.5, 0.6) is 5.75 Å². The van der Waals surface area contributed by atoms with Crippen LogP contribution in [-0.2, 0) is 20.5 Å². The van der Waals surface area contributed by atoms with Gasteiger partial charge in [-0.25, -0.2) is 4.79 Å². The van der Waals surface area contributed by atoms with Crippen LogP contribution in [-0.4, -0.2) is 30.6 Å². The molecule has 35 heavy (non-hydrogen) atoms. The van der Waals surface area contributed by atoms with Gasteiger partial charge in [0.25, 0.3) is 0 Å². The highest BCUT2D eigenvalue weighted by Gasteiger charge is 2.32. The molecule has 0 bridgehead atoms. The van der Waals surface area contributed by atoms with Crippen LogP contribution in [0.25, 0.3) is 0 Å². The van der Waals surface area contributed by atoms with Crippen molar-refractivity contribution in [3.8, 4) is 5.75 Å². The van der Waals surface area contributed by atoms with Gasteiger partial charge in [0.2, 0.25) is 11.8 Å². The minimum Gasteiger partial charge on any atom is -0.497 e. The summed E-state index contributed by atoms with van der Waals surface area (Å²) in [6.07, 6.45) is -5.86. The van der Waals surface area contributed by atoms with Gasteiger partial charge in [-0.3, -0.25) is 14.9 Å². The molecule has 3 N–H and O–H groups in total. The first-order chi connectivity index (χ1) is 16.2. The average Bonchev–Trinajstić information content (AvgIpc) is 2.72. The third-order valence-corrected chi connectivity index (χ3v) is 4.54. The Bertz CT molecular complexity index is 1060. The van der Waals surface area contributed by atoms with E-state index in [1.807, 2.05) is 0 Å². The van der Waals surface area contributed by atoms with E-state index in [0.29, 0.717) is 17.4 Å². The van der Waals surface area contributed by atoms with Gasteiger partial charge < -0.3 is 20.1 Å². The molecule has 3 amide bonds. The van der Waals surface area contributed by atoms with Crippen molar-refractivity contribution < 1.29 is 37.0 Å². The highest BCUT2D eigenvalue weighted by molar-refractivity contribution is 5.98. The van der Waals surface area contributed by atoms with Gasteiger partial charge in [0.15, 0.2) is 0 Å². The Morgan fingerprint density at radius 1 is 0.943 bits per heavy atom. The zero-order chi connectivity index (χ0) is 26.4. The Balaban J connectivity index is 2.30. The van der Waals surface area contributed by atoms with E-state index in [1.54, 1.807) is 45.0 Å². The molecule has 0 spiro atoms. The molecule has 8 nitrogen and oxygen atoms in total. The number of rotatable bonds is 7. The molecule has 2 rings (SSSR count). The number of anilines is 2. The van der Waals surface area contributed by atoms with E-state index in [1.165, 1.54) is 14.0 Å². The molecule has 0 aliphatic rings. The number of methoxy groups -OCH3 is 1. The molecule has 2 aromatic rings. The van der Waals surface area contributed by atoms with Crippen molar-refractivity contribution in [3.63, 3.8) is 0 Å². The van der Waals surface area contributed by atoms with Crippen molar-refractivity contribution in [3.05, 3.63) is 53.6 Å². The summed E-state index contributed by atoms with van der Waals surface area (Å²) in [6.45, 7) is 6.17. The van der Waals surface area contributed by atoms with Crippen LogP contribution in [0.1, 0.15) is 51.3 Å². The number of nitrogens with one attached hydrogen (secondary N) is 3. The molecular weight excluding hydrogens is 467 g/mol. The van der Waals surface area contributed by atoms with E-state index in [-0.39, 0.29) is 17.8 Å². The quantitative estimate of drug-likeness (QED) is 0.486. The second-order valence-corrected chi connectivity index (χ2v) is 8.66. The fourth-order valence-electron chi connectivity index (χ4n) is 3.07. The highest BCUT2D eigenvalue weighted by Crippen LogP contribution is 2.34. The van der Waals surface area contributed by atoms with Crippen LogP contribution < -0.4 is 20.7 Å². The number of amides is 3. The van der Waals surface area contributed by atoms with E-state index in [4.69, 9.17) is 9.47 Å². The molecular formula is C24H28F3N3O5. The fourth-order valence-corrected chi connectivity index (χ4v) is 3.07. The standard InChI is InChI=1S/C24H28F3N3O5/c1-14(31)28-19(15-6-9-17(34-5)10-7-15)13-21(32)29-20-12-16(24(25,26)27)8-11-18(20)30-22(33)35-23(2,3)4/h6-12,19H,13H2,1-5H3,(H,28,31)(H,29,32)(H,30,33). The Kier molecular flexibility index (Phi) is 8.72. The normalized spacial score (nSPS) is 12.3. The molecule has 1 atom stereocenters. The smallest absolute Gasteiger partial charge is 0.416 e. The molecule has 0 saturated carbocycles. The lowest BCUT2D eigenvalue weighted by Gasteiger charge is -2.22. The van der Waals surface area contributed by atoms with E-state index in [0.717, 1.165) is 12.1 Å². The third-order valence-electron chi connectivity index (χ3n) is 4.54. The summed E-state index contributed by atoms with van der Waals surface area (Å²) in [4.78, 5) is 36.7. The molecule has 0 fully saturated rings. The average molecular weight is 495 g/mol. The second-order valence-electron chi connectivity index (χ2n) is 8.66. The lowest BCUT2D eigenvalue weighted by molar-refractivity contribution is -0.137. The van der Waals surface area contributed by atoms with Gasteiger partial charge in [-0.15, -0.1) is 0 Å². The molecule has 11 heteroatoms. The number of ether oxygens (including phenoxy) is 2. The molecule has 2 aromatic carbocycles. The largest absolute Gasteiger partial charge is 0.497 e. The van der Waals surface area contributed by atoms with Crippen LogP contribution in [0.2, 0.25) is 0 Å². The summed E-state index contributed by atoms with van der Waals surface area (Å²) >= 11 is 0. The fraction of sp³-hybridized carbons (Fsp3) is 0.375. The maximum atomic E-state index is 13.3. The van der Waals surface area contributed by atoms with E-state index < -0.39 is 41.3 Å². The zero-order valence-corrected chi connectivity index (χ0v) is 20.0. The summed E-state index contributed by atoms with van der Waals surface area (Å²) in [5.74, 6) is -0.516. The number of alkyl halides is 3.